The second-order valence-corrected chi connectivity index (χ2v) is 5.72. The number of ether oxygens (including phenoxy) is 1. The van der Waals surface area contributed by atoms with Crippen LogP contribution in [0.3, 0.4) is 0 Å². The second-order valence-electron chi connectivity index (χ2n) is 4.72. The molecule has 1 aromatic rings. The highest BCUT2D eigenvalue weighted by molar-refractivity contribution is 6.30. The molecule has 0 bridgehead atoms. The van der Waals surface area contributed by atoms with Crippen molar-refractivity contribution in [2.75, 3.05) is 7.11 Å². The maximum atomic E-state index is 6.39. The van der Waals surface area contributed by atoms with E-state index in [-0.39, 0.29) is 0 Å². The molecule has 2 unspecified atom stereocenters. The maximum absolute atomic E-state index is 6.39. The zero-order valence-corrected chi connectivity index (χ0v) is 11.6. The molecular weight excluding hydrogens is 255 g/mol. The van der Waals surface area contributed by atoms with Crippen LogP contribution in [0.15, 0.2) is 18.2 Å². The number of benzene rings is 1. The zero-order valence-electron chi connectivity index (χ0n) is 10.1. The molecular formula is C14H18Cl2O. The Morgan fingerprint density at radius 2 is 2.06 bits per heavy atom. The monoisotopic (exact) mass is 272 g/mol. The zero-order chi connectivity index (χ0) is 12.3. The maximum Gasteiger partial charge on any atom is 0.122 e. The summed E-state index contributed by atoms with van der Waals surface area (Å²) in [6.45, 7) is 0. The number of methoxy groups -OCH3 is 1. The average molecular weight is 273 g/mol. The van der Waals surface area contributed by atoms with Crippen LogP contribution in [0.25, 0.3) is 0 Å². The smallest absolute Gasteiger partial charge is 0.122 e. The van der Waals surface area contributed by atoms with E-state index in [1.807, 2.05) is 18.2 Å². The molecule has 1 nitrogen and oxygen atoms in total. The molecule has 1 fully saturated rings. The molecule has 0 heterocycles. The Morgan fingerprint density at radius 3 is 2.76 bits per heavy atom. The summed E-state index contributed by atoms with van der Waals surface area (Å²) in [5, 5.41) is 1.06. The molecule has 1 aliphatic rings. The van der Waals surface area contributed by atoms with Crippen LogP contribution in [-0.2, 0) is 6.42 Å². The summed E-state index contributed by atoms with van der Waals surface area (Å²) in [5.74, 6) is 1.47. The van der Waals surface area contributed by atoms with Gasteiger partial charge in [-0.2, -0.15) is 0 Å². The van der Waals surface area contributed by atoms with E-state index in [9.17, 15) is 0 Å². The minimum atomic E-state index is 0.299. The van der Waals surface area contributed by atoms with Crippen LogP contribution in [0.1, 0.15) is 31.2 Å². The van der Waals surface area contributed by atoms with Gasteiger partial charge in [0.2, 0.25) is 0 Å². The molecule has 1 aromatic carbocycles. The topological polar surface area (TPSA) is 9.23 Å². The van der Waals surface area contributed by atoms with Crippen molar-refractivity contribution >= 4 is 23.2 Å². The first-order valence-electron chi connectivity index (χ1n) is 6.17. The summed E-state index contributed by atoms with van der Waals surface area (Å²) in [6, 6.07) is 5.80. The molecule has 0 amide bonds. The highest BCUT2D eigenvalue weighted by Gasteiger charge is 2.24. The third-order valence-electron chi connectivity index (χ3n) is 3.54. The van der Waals surface area contributed by atoms with E-state index in [1.54, 1.807) is 7.11 Å². The molecule has 3 heteroatoms. The van der Waals surface area contributed by atoms with Crippen molar-refractivity contribution in [1.82, 2.24) is 0 Å². The summed E-state index contributed by atoms with van der Waals surface area (Å²) in [5.41, 5.74) is 1.18. The predicted octanol–water partition coefficient (Wildman–Crippen LogP) is 4.69. The van der Waals surface area contributed by atoms with Gasteiger partial charge in [-0.1, -0.05) is 24.4 Å². The fourth-order valence-corrected chi connectivity index (χ4v) is 3.15. The van der Waals surface area contributed by atoms with E-state index in [1.165, 1.54) is 24.8 Å². The number of halogens is 2. The third kappa shape index (κ3) is 3.29. The van der Waals surface area contributed by atoms with Crippen molar-refractivity contribution in [1.29, 1.82) is 0 Å². The van der Waals surface area contributed by atoms with Crippen LogP contribution in [0.5, 0.6) is 5.75 Å². The number of hydrogen-bond acceptors (Lipinski definition) is 1. The van der Waals surface area contributed by atoms with Gasteiger partial charge in [0, 0.05) is 10.4 Å². The number of hydrogen-bond donors (Lipinski definition) is 0. The molecule has 0 aliphatic heterocycles. The predicted molar refractivity (Wildman–Crippen MR) is 73.3 cm³/mol. The molecule has 0 saturated heterocycles. The van der Waals surface area contributed by atoms with Crippen molar-refractivity contribution in [2.45, 2.75) is 37.5 Å². The molecule has 94 valence electrons. The molecule has 2 rings (SSSR count). The first-order chi connectivity index (χ1) is 8.20. The van der Waals surface area contributed by atoms with Gasteiger partial charge in [-0.05, 0) is 48.9 Å². The largest absolute Gasteiger partial charge is 0.496 e. The molecule has 1 aliphatic carbocycles. The Labute approximate surface area is 113 Å². The fraction of sp³-hybridized carbons (Fsp3) is 0.571. The molecule has 0 radical (unpaired) electrons. The van der Waals surface area contributed by atoms with Crippen molar-refractivity contribution in [2.24, 2.45) is 5.92 Å². The molecule has 17 heavy (non-hydrogen) atoms. The van der Waals surface area contributed by atoms with Crippen LogP contribution in [0.2, 0.25) is 5.02 Å². The summed E-state index contributed by atoms with van der Waals surface area (Å²) in [4.78, 5) is 0. The van der Waals surface area contributed by atoms with Crippen LogP contribution < -0.4 is 4.74 Å². The normalized spacial score (nSPS) is 24.6. The molecule has 0 aromatic heterocycles. The van der Waals surface area contributed by atoms with Crippen molar-refractivity contribution < 1.29 is 4.74 Å². The van der Waals surface area contributed by atoms with Gasteiger partial charge in [0.1, 0.15) is 5.75 Å². The first kappa shape index (κ1) is 13.0. The Kier molecular flexibility index (Phi) is 4.58. The van der Waals surface area contributed by atoms with Crippen molar-refractivity contribution in [3.8, 4) is 5.75 Å². The summed E-state index contributed by atoms with van der Waals surface area (Å²) in [7, 11) is 1.70. The van der Waals surface area contributed by atoms with E-state index >= 15 is 0 Å². The number of rotatable bonds is 3. The Hall–Kier alpha value is -0.400. The van der Waals surface area contributed by atoms with Crippen LogP contribution >= 0.6 is 23.2 Å². The van der Waals surface area contributed by atoms with E-state index in [2.05, 4.69) is 0 Å². The summed E-state index contributed by atoms with van der Waals surface area (Å²) in [6.07, 6.45) is 5.87. The summed E-state index contributed by atoms with van der Waals surface area (Å²) >= 11 is 12.4. The van der Waals surface area contributed by atoms with Crippen molar-refractivity contribution in [3.63, 3.8) is 0 Å². The van der Waals surface area contributed by atoms with Crippen molar-refractivity contribution in [3.05, 3.63) is 28.8 Å². The number of alkyl halides is 1. The first-order valence-corrected chi connectivity index (χ1v) is 6.98. The van der Waals surface area contributed by atoms with Crippen LogP contribution in [0, 0.1) is 5.92 Å². The van der Waals surface area contributed by atoms with Crippen LogP contribution in [0.4, 0.5) is 0 Å². The Morgan fingerprint density at radius 1 is 1.29 bits per heavy atom. The highest BCUT2D eigenvalue weighted by atomic mass is 35.5. The Balaban J connectivity index is 2.13. The minimum Gasteiger partial charge on any atom is -0.496 e. The molecule has 0 N–H and O–H groups in total. The van der Waals surface area contributed by atoms with E-state index in [0.29, 0.717) is 11.3 Å². The van der Waals surface area contributed by atoms with Gasteiger partial charge in [0.15, 0.2) is 0 Å². The van der Waals surface area contributed by atoms with E-state index in [0.717, 1.165) is 23.6 Å². The fourth-order valence-electron chi connectivity index (χ4n) is 2.58. The van der Waals surface area contributed by atoms with Crippen LogP contribution in [-0.4, -0.2) is 12.5 Å². The lowest BCUT2D eigenvalue weighted by molar-refractivity contribution is 0.354. The standard InChI is InChI=1S/C14H18Cl2O/c1-17-14-7-6-12(15)9-11(14)8-10-4-2-3-5-13(10)16/h6-7,9-10,13H,2-5,8H2,1H3. The van der Waals surface area contributed by atoms with Gasteiger partial charge in [-0.3, -0.25) is 0 Å². The van der Waals surface area contributed by atoms with Gasteiger partial charge in [0.25, 0.3) is 0 Å². The third-order valence-corrected chi connectivity index (χ3v) is 4.35. The van der Waals surface area contributed by atoms with E-state index in [4.69, 9.17) is 27.9 Å². The quantitative estimate of drug-likeness (QED) is 0.726. The molecule has 1 saturated carbocycles. The van der Waals surface area contributed by atoms with Gasteiger partial charge in [-0.25, -0.2) is 0 Å². The lowest BCUT2D eigenvalue weighted by Gasteiger charge is -2.27. The Bertz CT molecular complexity index is 378. The lowest BCUT2D eigenvalue weighted by Crippen LogP contribution is -2.21. The second kappa shape index (κ2) is 5.97. The van der Waals surface area contributed by atoms with Gasteiger partial charge in [-0.15, -0.1) is 11.6 Å². The lowest BCUT2D eigenvalue weighted by atomic mass is 9.84. The van der Waals surface area contributed by atoms with Gasteiger partial charge >= 0.3 is 0 Å². The van der Waals surface area contributed by atoms with Gasteiger partial charge < -0.3 is 4.74 Å². The average Bonchev–Trinajstić information content (AvgIpc) is 2.32. The minimum absolute atomic E-state index is 0.299. The SMILES string of the molecule is COc1ccc(Cl)cc1CC1CCCCC1Cl. The highest BCUT2D eigenvalue weighted by Crippen LogP contribution is 2.34. The van der Waals surface area contributed by atoms with E-state index < -0.39 is 0 Å². The molecule has 0 spiro atoms. The molecule has 2 atom stereocenters. The summed E-state index contributed by atoms with van der Waals surface area (Å²) < 4.78 is 5.38. The van der Waals surface area contributed by atoms with Gasteiger partial charge in [0.05, 0.1) is 7.11 Å².